The number of hydrogen-bond acceptors (Lipinski definition) is 10. The molecule has 1 aliphatic rings. The molecular formula is C11H17FO12. The van der Waals surface area contributed by atoms with Crippen molar-refractivity contribution in [3.63, 3.8) is 0 Å². The Morgan fingerprint density at radius 2 is 1.79 bits per heavy atom. The van der Waals surface area contributed by atoms with Crippen LogP contribution in [0.25, 0.3) is 0 Å². The molecule has 2 atom stereocenters. The first kappa shape index (κ1) is 23.3. The third-order valence-corrected chi connectivity index (χ3v) is 1.63. The van der Waals surface area contributed by atoms with Crippen LogP contribution in [0.3, 0.4) is 0 Å². The summed E-state index contributed by atoms with van der Waals surface area (Å²) in [5.41, 5.74) is 0. The molecule has 0 aromatic rings. The van der Waals surface area contributed by atoms with Gasteiger partial charge in [-0.1, -0.05) is 0 Å². The van der Waals surface area contributed by atoms with E-state index in [2.05, 4.69) is 28.4 Å². The Morgan fingerprint density at radius 3 is 2.00 bits per heavy atom. The smallest absolute Gasteiger partial charge is 0.450 e. The second-order valence-electron chi connectivity index (χ2n) is 3.52. The van der Waals surface area contributed by atoms with Gasteiger partial charge in [0.05, 0.1) is 14.2 Å². The van der Waals surface area contributed by atoms with E-state index in [4.69, 9.17) is 10.2 Å². The van der Waals surface area contributed by atoms with E-state index < -0.39 is 37.1 Å². The van der Waals surface area contributed by atoms with Crippen LogP contribution in [0.1, 0.15) is 6.92 Å². The number of carbonyl (C=O) groups excluding carboxylic acids is 2. The Morgan fingerprint density at radius 1 is 1.25 bits per heavy atom. The van der Waals surface area contributed by atoms with Gasteiger partial charge in [-0.2, -0.15) is 4.39 Å². The second kappa shape index (κ2) is 13.7. The minimum absolute atomic E-state index is 0.265. The van der Waals surface area contributed by atoms with Crippen molar-refractivity contribution in [2.24, 2.45) is 0 Å². The monoisotopic (exact) mass is 360 g/mol. The van der Waals surface area contributed by atoms with Gasteiger partial charge in [-0.25, -0.2) is 19.2 Å². The lowest BCUT2D eigenvalue weighted by Crippen LogP contribution is -2.20. The third kappa shape index (κ3) is 17.1. The minimum atomic E-state index is -1.55. The summed E-state index contributed by atoms with van der Waals surface area (Å²) in [6, 6.07) is 0. The van der Waals surface area contributed by atoms with Crippen LogP contribution >= 0.6 is 0 Å². The maximum absolute atomic E-state index is 11.6. The van der Waals surface area contributed by atoms with E-state index in [-0.39, 0.29) is 13.2 Å². The number of hydrogen-bond donors (Lipinski definition) is 2. The van der Waals surface area contributed by atoms with E-state index in [1.165, 1.54) is 21.1 Å². The van der Waals surface area contributed by atoms with Gasteiger partial charge in [-0.3, -0.25) is 0 Å². The Kier molecular flexibility index (Phi) is 13.2. The van der Waals surface area contributed by atoms with E-state index >= 15 is 0 Å². The molecule has 0 aromatic carbocycles. The van der Waals surface area contributed by atoms with E-state index in [9.17, 15) is 23.6 Å². The summed E-state index contributed by atoms with van der Waals surface area (Å²) in [7, 11) is 2.51. The highest BCUT2D eigenvalue weighted by molar-refractivity contribution is 5.61. The van der Waals surface area contributed by atoms with Gasteiger partial charge in [0.15, 0.2) is 6.61 Å². The molecule has 12 nitrogen and oxygen atoms in total. The summed E-state index contributed by atoms with van der Waals surface area (Å²) < 4.78 is 35.7. The average molecular weight is 360 g/mol. The lowest BCUT2D eigenvalue weighted by Gasteiger charge is -2.08. The molecule has 2 N–H and O–H groups in total. The van der Waals surface area contributed by atoms with Crippen LogP contribution in [0.15, 0.2) is 0 Å². The summed E-state index contributed by atoms with van der Waals surface area (Å²) in [4.78, 5) is 39.1. The highest BCUT2D eigenvalue weighted by Crippen LogP contribution is 2.05. The average Bonchev–Trinajstić information content (AvgIpc) is 2.88. The molecule has 2 unspecified atom stereocenters. The van der Waals surface area contributed by atoms with Crippen LogP contribution in [-0.2, 0) is 28.4 Å². The molecule has 1 fully saturated rings. The summed E-state index contributed by atoms with van der Waals surface area (Å²) in [6.45, 7) is 0.831. The topological polar surface area (TPSA) is 164 Å². The highest BCUT2D eigenvalue weighted by Gasteiger charge is 2.23. The molecule has 0 amide bonds. The van der Waals surface area contributed by atoms with E-state index in [1.807, 2.05) is 0 Å². The van der Waals surface area contributed by atoms with Crippen molar-refractivity contribution in [2.75, 3.05) is 27.4 Å². The quantitative estimate of drug-likeness (QED) is 0.552. The van der Waals surface area contributed by atoms with Gasteiger partial charge in [-0.15, -0.1) is 0 Å². The second-order valence-corrected chi connectivity index (χ2v) is 3.52. The molecule has 0 bridgehead atoms. The van der Waals surface area contributed by atoms with Crippen molar-refractivity contribution in [1.82, 2.24) is 0 Å². The van der Waals surface area contributed by atoms with Crippen LogP contribution in [0, 0.1) is 0 Å². The molecule has 1 heterocycles. The molecule has 1 rings (SSSR count). The third-order valence-electron chi connectivity index (χ3n) is 1.63. The maximum atomic E-state index is 11.6. The number of methoxy groups -OCH3 is 2. The zero-order valence-corrected chi connectivity index (χ0v) is 12.9. The Hall–Kier alpha value is -2.99. The van der Waals surface area contributed by atoms with E-state index in [0.717, 1.165) is 0 Å². The summed E-state index contributed by atoms with van der Waals surface area (Å²) in [6.07, 6.45) is -6.81. The predicted molar refractivity (Wildman–Crippen MR) is 69.3 cm³/mol. The number of halogens is 1. The van der Waals surface area contributed by atoms with Gasteiger partial charge in [-0.05, 0) is 6.92 Å². The Balaban J connectivity index is 0. The van der Waals surface area contributed by atoms with Gasteiger partial charge >= 0.3 is 24.6 Å². The fourth-order valence-corrected chi connectivity index (χ4v) is 0.784. The Labute approximate surface area is 134 Å². The molecule has 0 aromatic heterocycles. The Bertz CT molecular complexity index is 406. The molecule has 0 saturated carbocycles. The summed E-state index contributed by atoms with van der Waals surface area (Å²) >= 11 is 0. The van der Waals surface area contributed by atoms with Crippen LogP contribution in [0.5, 0.6) is 0 Å². The van der Waals surface area contributed by atoms with Gasteiger partial charge in [0.25, 0.3) is 6.36 Å². The van der Waals surface area contributed by atoms with Crippen molar-refractivity contribution < 1.29 is 62.2 Å². The number of carbonyl (C=O) groups is 4. The molecule has 0 spiro atoms. The highest BCUT2D eigenvalue weighted by atomic mass is 19.1. The van der Waals surface area contributed by atoms with Crippen molar-refractivity contribution in [1.29, 1.82) is 0 Å². The molecule has 140 valence electrons. The SMILES string of the molecule is CC(COC(=O)O)OC(=O)O.COC(=O)OC.O=C1OCC(F)O1. The molecule has 24 heavy (non-hydrogen) atoms. The number of cyclic esters (lactones) is 2. The number of rotatable bonds is 3. The van der Waals surface area contributed by atoms with Gasteiger partial charge in [0.1, 0.15) is 12.7 Å². The van der Waals surface area contributed by atoms with Crippen molar-refractivity contribution in [3.8, 4) is 0 Å². The van der Waals surface area contributed by atoms with Crippen LogP contribution < -0.4 is 0 Å². The first-order chi connectivity index (χ1) is 11.1. The number of ether oxygens (including phenoxy) is 6. The summed E-state index contributed by atoms with van der Waals surface area (Å²) in [5, 5.41) is 16.0. The van der Waals surface area contributed by atoms with E-state index in [1.54, 1.807) is 0 Å². The van der Waals surface area contributed by atoms with Gasteiger partial charge in [0.2, 0.25) is 0 Å². The molecule has 0 aliphatic carbocycles. The maximum Gasteiger partial charge on any atom is 0.511 e. The van der Waals surface area contributed by atoms with Crippen LogP contribution in [0.4, 0.5) is 23.6 Å². The fourth-order valence-electron chi connectivity index (χ4n) is 0.784. The fraction of sp³-hybridized carbons (Fsp3) is 0.636. The molecule has 0 radical (unpaired) electrons. The zero-order valence-electron chi connectivity index (χ0n) is 12.9. The first-order valence-electron chi connectivity index (χ1n) is 5.97. The molecular weight excluding hydrogens is 343 g/mol. The lowest BCUT2D eigenvalue weighted by atomic mass is 10.4. The summed E-state index contributed by atoms with van der Waals surface area (Å²) in [5.74, 6) is 0. The molecule has 1 aliphatic heterocycles. The lowest BCUT2D eigenvalue weighted by molar-refractivity contribution is 0.0122. The standard InChI is InChI=1S/C5H8O6.C3H3FO3.C3H6O3/c1-3(11-5(8)9)2-10-4(6)7;4-2-1-6-3(5)7-2;1-5-3(4)6-2/h3H,2H2,1H3,(H,6,7)(H,8,9);2H,1H2;1-2H3. The van der Waals surface area contributed by atoms with Gasteiger partial charge in [0, 0.05) is 0 Å². The predicted octanol–water partition coefficient (Wildman–Crippen LogP) is 1.61. The van der Waals surface area contributed by atoms with Crippen LogP contribution in [0.2, 0.25) is 0 Å². The van der Waals surface area contributed by atoms with Crippen LogP contribution in [-0.4, -0.2) is 74.7 Å². The molecule has 1 saturated heterocycles. The van der Waals surface area contributed by atoms with Crippen molar-refractivity contribution in [2.45, 2.75) is 19.4 Å². The largest absolute Gasteiger partial charge is 0.511 e. The van der Waals surface area contributed by atoms with E-state index in [0.29, 0.717) is 0 Å². The number of carboxylic acid groups (broad SMARTS) is 2. The molecule has 13 heteroatoms. The van der Waals surface area contributed by atoms with Crippen molar-refractivity contribution in [3.05, 3.63) is 0 Å². The number of alkyl halides is 1. The van der Waals surface area contributed by atoms with Gasteiger partial charge < -0.3 is 38.6 Å². The van der Waals surface area contributed by atoms with Crippen molar-refractivity contribution >= 4 is 24.6 Å². The normalized spacial score (nSPS) is 15.7. The zero-order chi connectivity index (χ0) is 19.1. The minimum Gasteiger partial charge on any atom is -0.450 e. The first-order valence-corrected chi connectivity index (χ1v) is 5.97.